The second-order valence-electron chi connectivity index (χ2n) is 9.43. The molecule has 1 unspecified atom stereocenters. The van der Waals surface area contributed by atoms with E-state index in [1.807, 2.05) is 0 Å². The molecule has 22 heavy (non-hydrogen) atoms. The van der Waals surface area contributed by atoms with Gasteiger partial charge in [-0.1, -0.05) is 13.8 Å². The van der Waals surface area contributed by atoms with Crippen molar-refractivity contribution in [3.05, 3.63) is 0 Å². The van der Waals surface area contributed by atoms with Crippen LogP contribution in [-0.2, 0) is 0 Å². The Labute approximate surface area is 136 Å². The first-order chi connectivity index (χ1) is 10.5. The summed E-state index contributed by atoms with van der Waals surface area (Å²) in [6, 6.07) is 0. The molecule has 8 atom stereocenters. The fourth-order valence-corrected chi connectivity index (χ4v) is 7.51. The number of aliphatic hydroxyl groups excluding tert-OH is 1. The summed E-state index contributed by atoms with van der Waals surface area (Å²) in [7, 11) is 0. The van der Waals surface area contributed by atoms with Crippen LogP contribution >= 0.6 is 0 Å². The molecule has 0 saturated heterocycles. The molecule has 0 aliphatic heterocycles. The van der Waals surface area contributed by atoms with Crippen molar-refractivity contribution in [1.82, 2.24) is 0 Å². The average Bonchev–Trinajstić information content (AvgIpc) is 2.84. The summed E-state index contributed by atoms with van der Waals surface area (Å²) >= 11 is 0. The maximum atomic E-state index is 10.1. The van der Waals surface area contributed by atoms with Gasteiger partial charge in [0.25, 0.3) is 0 Å². The van der Waals surface area contributed by atoms with Gasteiger partial charge in [-0.2, -0.15) is 0 Å². The van der Waals surface area contributed by atoms with Crippen molar-refractivity contribution in [2.75, 3.05) is 0 Å². The first-order valence-corrected chi connectivity index (χ1v) is 9.63. The first-order valence-electron chi connectivity index (χ1n) is 9.63. The van der Waals surface area contributed by atoms with Gasteiger partial charge in [0.2, 0.25) is 0 Å². The molecule has 0 heterocycles. The van der Waals surface area contributed by atoms with Crippen LogP contribution in [0.1, 0.15) is 71.6 Å². The Kier molecular flexibility index (Phi) is 3.43. The van der Waals surface area contributed by atoms with Crippen molar-refractivity contribution in [3.8, 4) is 12.3 Å². The second-order valence-corrected chi connectivity index (χ2v) is 9.43. The van der Waals surface area contributed by atoms with Gasteiger partial charge in [0, 0.05) is 5.92 Å². The molecule has 0 radical (unpaired) electrons. The molecule has 0 aromatic rings. The van der Waals surface area contributed by atoms with Gasteiger partial charge in [-0.3, -0.25) is 0 Å². The monoisotopic (exact) mass is 300 g/mol. The summed E-state index contributed by atoms with van der Waals surface area (Å²) in [4.78, 5) is 0. The van der Waals surface area contributed by atoms with Gasteiger partial charge in [0.15, 0.2) is 0 Å². The van der Waals surface area contributed by atoms with Gasteiger partial charge in [-0.25, -0.2) is 0 Å². The van der Waals surface area contributed by atoms with Crippen molar-refractivity contribution < 1.29 is 5.11 Å². The molecule has 4 aliphatic rings. The average molecular weight is 300 g/mol. The highest BCUT2D eigenvalue weighted by Gasteiger charge is 2.59. The highest BCUT2D eigenvalue weighted by Crippen LogP contribution is 2.67. The van der Waals surface area contributed by atoms with Crippen molar-refractivity contribution in [2.24, 2.45) is 40.4 Å². The second kappa shape index (κ2) is 5.01. The van der Waals surface area contributed by atoms with Crippen molar-refractivity contribution in [2.45, 2.75) is 77.7 Å². The predicted octanol–water partition coefficient (Wildman–Crippen LogP) is 4.64. The van der Waals surface area contributed by atoms with E-state index >= 15 is 0 Å². The van der Waals surface area contributed by atoms with Gasteiger partial charge < -0.3 is 5.11 Å². The highest BCUT2D eigenvalue weighted by molar-refractivity contribution is 5.14. The van der Waals surface area contributed by atoms with Crippen molar-refractivity contribution in [1.29, 1.82) is 0 Å². The minimum absolute atomic E-state index is 0.0271. The lowest BCUT2D eigenvalue weighted by Crippen LogP contribution is -2.53. The number of hydrogen-bond acceptors (Lipinski definition) is 1. The molecule has 0 aromatic heterocycles. The summed E-state index contributed by atoms with van der Waals surface area (Å²) in [5, 5.41) is 10.1. The van der Waals surface area contributed by atoms with Crippen molar-refractivity contribution in [3.63, 3.8) is 0 Å². The molecule has 4 rings (SSSR count). The molecule has 4 fully saturated rings. The summed E-state index contributed by atoms with van der Waals surface area (Å²) < 4.78 is 0. The Balaban J connectivity index is 1.62. The smallest absolute Gasteiger partial charge is 0.0543 e. The van der Waals surface area contributed by atoms with Crippen LogP contribution in [0.25, 0.3) is 0 Å². The lowest BCUT2D eigenvalue weighted by Gasteiger charge is -2.60. The molecule has 4 aliphatic carbocycles. The lowest BCUT2D eigenvalue weighted by molar-refractivity contribution is -0.124. The quantitative estimate of drug-likeness (QED) is 0.646. The third-order valence-corrected chi connectivity index (χ3v) is 8.84. The van der Waals surface area contributed by atoms with E-state index in [4.69, 9.17) is 6.42 Å². The summed E-state index contributed by atoms with van der Waals surface area (Å²) in [6.07, 6.45) is 17.3. The van der Waals surface area contributed by atoms with Crippen LogP contribution in [0, 0.1) is 52.8 Å². The third-order valence-electron chi connectivity index (χ3n) is 8.84. The molecule has 1 nitrogen and oxygen atoms in total. The van der Waals surface area contributed by atoms with Crippen LogP contribution in [0.5, 0.6) is 0 Å². The Morgan fingerprint density at radius 3 is 2.41 bits per heavy atom. The zero-order chi connectivity index (χ0) is 15.5. The predicted molar refractivity (Wildman–Crippen MR) is 90.1 cm³/mol. The van der Waals surface area contributed by atoms with Gasteiger partial charge in [-0.15, -0.1) is 12.3 Å². The molecule has 0 amide bonds. The Hall–Kier alpha value is -0.480. The fourth-order valence-electron chi connectivity index (χ4n) is 7.51. The van der Waals surface area contributed by atoms with Gasteiger partial charge >= 0.3 is 0 Å². The van der Waals surface area contributed by atoms with Gasteiger partial charge in [0.1, 0.15) is 0 Å². The number of aliphatic hydroxyl groups is 1. The zero-order valence-electron chi connectivity index (χ0n) is 14.4. The first kappa shape index (κ1) is 15.1. The number of terminal acetylenes is 1. The minimum Gasteiger partial charge on any atom is -0.393 e. The topological polar surface area (TPSA) is 20.2 Å². The molecule has 1 N–H and O–H groups in total. The van der Waals surface area contributed by atoms with Crippen LogP contribution < -0.4 is 0 Å². The summed E-state index contributed by atoms with van der Waals surface area (Å²) in [6.45, 7) is 5.07. The molecule has 122 valence electrons. The Bertz CT molecular complexity index is 491. The lowest BCUT2D eigenvalue weighted by atomic mass is 9.44. The van der Waals surface area contributed by atoms with E-state index in [2.05, 4.69) is 19.8 Å². The molecule has 4 saturated carbocycles. The molecule has 0 spiro atoms. The zero-order valence-corrected chi connectivity index (χ0v) is 14.4. The number of hydrogen-bond donors (Lipinski definition) is 1. The fraction of sp³-hybridized carbons (Fsp3) is 0.905. The maximum absolute atomic E-state index is 10.1. The van der Waals surface area contributed by atoms with E-state index < -0.39 is 0 Å². The largest absolute Gasteiger partial charge is 0.393 e. The molecular weight excluding hydrogens is 268 g/mol. The van der Waals surface area contributed by atoms with Crippen LogP contribution in [0.2, 0.25) is 0 Å². The maximum Gasteiger partial charge on any atom is 0.0543 e. The molecule has 0 bridgehead atoms. The van der Waals surface area contributed by atoms with E-state index in [0.717, 1.165) is 36.5 Å². The van der Waals surface area contributed by atoms with Crippen LogP contribution in [-0.4, -0.2) is 11.2 Å². The summed E-state index contributed by atoms with van der Waals surface area (Å²) in [5.41, 5.74) is 0.922. The van der Waals surface area contributed by atoms with Gasteiger partial charge in [-0.05, 0) is 92.3 Å². The highest BCUT2D eigenvalue weighted by atomic mass is 16.3. The van der Waals surface area contributed by atoms with Crippen LogP contribution in [0.4, 0.5) is 0 Å². The Morgan fingerprint density at radius 2 is 1.64 bits per heavy atom. The van der Waals surface area contributed by atoms with Crippen LogP contribution in [0.3, 0.4) is 0 Å². The van der Waals surface area contributed by atoms with Crippen LogP contribution in [0.15, 0.2) is 0 Å². The van der Waals surface area contributed by atoms with Crippen molar-refractivity contribution >= 4 is 0 Å². The summed E-state index contributed by atoms with van der Waals surface area (Å²) in [5.74, 6) is 7.11. The molecule has 0 aromatic carbocycles. The van der Waals surface area contributed by atoms with E-state index in [1.165, 1.54) is 44.9 Å². The molecule has 1 heteroatoms. The van der Waals surface area contributed by atoms with Gasteiger partial charge in [0.05, 0.1) is 6.10 Å². The third kappa shape index (κ3) is 1.89. The SMILES string of the molecule is C#C[C@H]1CC[C@H]2[C@@H]3CC[C@H]4CC(O)CC[C@]4(C)[C@H]3CC[C@]12C. The van der Waals surface area contributed by atoms with E-state index in [-0.39, 0.29) is 6.10 Å². The van der Waals surface area contributed by atoms with E-state index in [1.54, 1.807) is 0 Å². The van der Waals surface area contributed by atoms with E-state index in [9.17, 15) is 5.11 Å². The minimum atomic E-state index is -0.0271. The number of rotatable bonds is 0. The number of fused-ring (bicyclic) bond motifs is 5. The normalized spacial score (nSPS) is 57.4. The Morgan fingerprint density at radius 1 is 0.909 bits per heavy atom. The van der Waals surface area contributed by atoms with E-state index in [0.29, 0.717) is 16.7 Å². The standard InChI is InChI=1S/C21H32O/c1-4-14-6-8-18-17-7-5-15-13-16(22)9-11-21(15,3)19(17)10-12-20(14,18)2/h1,14-19,22H,5-13H2,2-3H3/t14-,15-,16?,17-,18-,19-,20+,21-/m0/s1. The molecular formula is C21H32O.